The highest BCUT2D eigenvalue weighted by Crippen LogP contribution is 2.48. The summed E-state index contributed by atoms with van der Waals surface area (Å²) in [6.45, 7) is 0.826. The molecule has 0 aliphatic carbocycles. The summed E-state index contributed by atoms with van der Waals surface area (Å²) in [6, 6.07) is 50.8. The number of benzene rings is 6. The summed E-state index contributed by atoms with van der Waals surface area (Å²) in [7, 11) is 0. The molecule has 0 amide bonds. The number of hydrogen-bond acceptors (Lipinski definition) is 5. The van der Waals surface area contributed by atoms with Gasteiger partial charge in [0, 0.05) is 51.8 Å². The summed E-state index contributed by atoms with van der Waals surface area (Å²) < 4.78 is 1.21. The van der Waals surface area contributed by atoms with Crippen LogP contribution in [0.25, 0.3) is 43.0 Å². The van der Waals surface area contributed by atoms with E-state index in [1.165, 1.54) is 60.6 Å². The first-order valence-corrected chi connectivity index (χ1v) is 16.5. The van der Waals surface area contributed by atoms with Crippen LogP contribution in [0.15, 0.2) is 152 Å². The fourth-order valence-corrected chi connectivity index (χ4v) is 8.36. The average Bonchev–Trinajstić information content (AvgIpc) is 3.80. The number of fused-ring (bicyclic) bond motifs is 12. The van der Waals surface area contributed by atoms with E-state index in [4.69, 9.17) is 4.98 Å². The molecule has 0 N–H and O–H groups in total. The third-order valence-corrected chi connectivity index (χ3v) is 10.6. The number of nitrogens with zero attached hydrogens (tertiary/aromatic N) is 4. The van der Waals surface area contributed by atoms with Crippen molar-refractivity contribution >= 4 is 62.1 Å². The van der Waals surface area contributed by atoms with E-state index in [0.717, 1.165) is 22.8 Å². The molecule has 3 aliphatic heterocycles. The van der Waals surface area contributed by atoms with Gasteiger partial charge in [0.05, 0.1) is 16.9 Å². The predicted octanol–water partition coefficient (Wildman–Crippen LogP) is 8.62. The van der Waals surface area contributed by atoms with Crippen LogP contribution in [0.2, 0.25) is 0 Å². The summed E-state index contributed by atoms with van der Waals surface area (Å²) >= 11 is 1.76. The van der Waals surface area contributed by atoms with Gasteiger partial charge in [-0.3, -0.25) is 0 Å². The van der Waals surface area contributed by atoms with Crippen LogP contribution < -0.4 is 25.5 Å². The van der Waals surface area contributed by atoms with E-state index in [1.807, 2.05) is 0 Å². The Bertz CT molecular complexity index is 2310. The molecular formula is C40H27BN4S. The lowest BCUT2D eigenvalue weighted by molar-refractivity contribution is 0.975. The van der Waals surface area contributed by atoms with Crippen molar-refractivity contribution in [2.24, 2.45) is 0 Å². The Hall–Kier alpha value is -5.59. The van der Waals surface area contributed by atoms with Crippen molar-refractivity contribution in [1.82, 2.24) is 4.98 Å². The Labute approximate surface area is 272 Å². The zero-order valence-corrected chi connectivity index (χ0v) is 25.7. The van der Waals surface area contributed by atoms with Crippen molar-refractivity contribution < 1.29 is 0 Å². The molecule has 0 atom stereocenters. The van der Waals surface area contributed by atoms with E-state index in [-0.39, 0.29) is 6.85 Å². The Kier molecular flexibility index (Phi) is 5.57. The van der Waals surface area contributed by atoms with E-state index in [0.29, 0.717) is 0 Å². The van der Waals surface area contributed by atoms with E-state index in [2.05, 4.69) is 167 Å². The fraction of sp³-hybridized carbons (Fsp3) is 0.0250. The Morgan fingerprint density at radius 1 is 0.543 bits per heavy atom. The minimum Gasteiger partial charge on any atom is -0.376 e. The number of thiazole rings is 1. The Morgan fingerprint density at radius 3 is 1.93 bits per heavy atom. The van der Waals surface area contributed by atoms with Gasteiger partial charge in [0.15, 0.2) is 0 Å². The highest BCUT2D eigenvalue weighted by atomic mass is 32.1. The molecule has 6 heteroatoms. The standard InChI is InChI=1S/C40H27BN4S/c1-2-10-28(11-3-1)43-22-23-44(26-43)29-19-21-33-31-13-5-7-15-35(31)41-34-14-6-4-12-30(34)32-20-18-27(24-37(32)45(41)38(33)25-29)40-42-36-16-8-9-17-39(36)46-40/h1-25H,26H2. The molecule has 216 valence electrons. The van der Waals surface area contributed by atoms with Gasteiger partial charge in [-0.15, -0.1) is 11.3 Å². The van der Waals surface area contributed by atoms with E-state index in [1.54, 1.807) is 11.3 Å². The number of hydrogen-bond donors (Lipinski definition) is 0. The molecule has 4 nitrogen and oxygen atoms in total. The van der Waals surface area contributed by atoms with Gasteiger partial charge in [-0.1, -0.05) is 97.1 Å². The van der Waals surface area contributed by atoms with Crippen molar-refractivity contribution in [3.8, 4) is 32.8 Å². The first kappa shape index (κ1) is 25.7. The lowest BCUT2D eigenvalue weighted by Gasteiger charge is -2.43. The second-order valence-corrected chi connectivity index (χ2v) is 13.1. The zero-order valence-electron chi connectivity index (χ0n) is 24.9. The van der Waals surface area contributed by atoms with Crippen molar-refractivity contribution in [3.63, 3.8) is 0 Å². The summed E-state index contributed by atoms with van der Waals surface area (Å²) in [4.78, 5) is 12.2. The van der Waals surface area contributed by atoms with Gasteiger partial charge in [-0.2, -0.15) is 0 Å². The fourth-order valence-electron chi connectivity index (χ4n) is 7.40. The van der Waals surface area contributed by atoms with Gasteiger partial charge in [0.1, 0.15) is 5.01 Å². The Balaban J connectivity index is 1.16. The van der Waals surface area contributed by atoms with Crippen LogP contribution in [-0.2, 0) is 0 Å². The van der Waals surface area contributed by atoms with Crippen molar-refractivity contribution in [1.29, 1.82) is 0 Å². The molecule has 6 aromatic carbocycles. The molecule has 0 spiro atoms. The van der Waals surface area contributed by atoms with Crippen LogP contribution in [0.4, 0.5) is 22.7 Å². The molecule has 3 aliphatic rings. The molecule has 4 heterocycles. The summed E-state index contributed by atoms with van der Waals surface area (Å²) in [5, 5.41) is 1.05. The van der Waals surface area contributed by atoms with Gasteiger partial charge in [0.2, 0.25) is 0 Å². The van der Waals surface area contributed by atoms with Crippen molar-refractivity contribution in [2.75, 3.05) is 21.3 Å². The average molecular weight is 607 g/mol. The van der Waals surface area contributed by atoms with Crippen LogP contribution in [-0.4, -0.2) is 18.5 Å². The predicted molar refractivity (Wildman–Crippen MR) is 195 cm³/mol. The zero-order chi connectivity index (χ0) is 30.2. The lowest BCUT2D eigenvalue weighted by Crippen LogP contribution is -2.59. The minimum absolute atomic E-state index is 0.0585. The normalized spacial score (nSPS) is 14.2. The SMILES string of the molecule is C1=CN(c2ccc3c(c2)N2B(c4ccccc4-c4ccc(-c5nc6ccccc6s5)cc42)c2ccccc2-3)CN1c1ccccc1. The molecular weight excluding hydrogens is 579 g/mol. The molecule has 0 radical (unpaired) electrons. The second kappa shape index (κ2) is 9.96. The highest BCUT2D eigenvalue weighted by Gasteiger charge is 2.42. The van der Waals surface area contributed by atoms with Crippen molar-refractivity contribution in [2.45, 2.75) is 0 Å². The molecule has 1 aromatic heterocycles. The maximum Gasteiger partial charge on any atom is 0.329 e. The first-order valence-electron chi connectivity index (χ1n) is 15.7. The maximum atomic E-state index is 5.04. The summed E-state index contributed by atoms with van der Waals surface area (Å²) in [5.41, 5.74) is 14.8. The Morgan fingerprint density at radius 2 is 1.17 bits per heavy atom. The van der Waals surface area contributed by atoms with Crippen molar-refractivity contribution in [3.05, 3.63) is 152 Å². The molecule has 0 unspecified atom stereocenters. The number of rotatable bonds is 3. The quantitative estimate of drug-likeness (QED) is 0.188. The molecule has 10 rings (SSSR count). The second-order valence-electron chi connectivity index (χ2n) is 12.1. The van der Waals surface area contributed by atoms with Gasteiger partial charge < -0.3 is 14.6 Å². The first-order chi connectivity index (χ1) is 22.8. The van der Waals surface area contributed by atoms with Gasteiger partial charge in [0.25, 0.3) is 0 Å². The van der Waals surface area contributed by atoms with Gasteiger partial charge >= 0.3 is 6.85 Å². The smallest absolute Gasteiger partial charge is 0.329 e. The lowest BCUT2D eigenvalue weighted by atomic mass is 9.43. The summed E-state index contributed by atoms with van der Waals surface area (Å²) in [5.74, 6) is 0. The third kappa shape index (κ3) is 3.84. The van der Waals surface area contributed by atoms with Crippen LogP contribution in [0, 0.1) is 0 Å². The molecule has 0 saturated carbocycles. The van der Waals surface area contributed by atoms with Gasteiger partial charge in [-0.05, 0) is 64.5 Å². The highest BCUT2D eigenvalue weighted by molar-refractivity contribution is 7.21. The number of anilines is 4. The maximum absolute atomic E-state index is 5.04. The summed E-state index contributed by atoms with van der Waals surface area (Å²) in [6.07, 6.45) is 4.36. The molecule has 7 aromatic rings. The number of aromatic nitrogens is 1. The van der Waals surface area contributed by atoms with Crippen LogP contribution in [0.5, 0.6) is 0 Å². The van der Waals surface area contributed by atoms with Crippen LogP contribution in [0.1, 0.15) is 0 Å². The third-order valence-electron chi connectivity index (χ3n) is 9.54. The molecule has 46 heavy (non-hydrogen) atoms. The van der Waals surface area contributed by atoms with E-state index < -0.39 is 0 Å². The topological polar surface area (TPSA) is 22.6 Å². The van der Waals surface area contributed by atoms with E-state index >= 15 is 0 Å². The number of para-hydroxylation sites is 2. The molecule has 0 bridgehead atoms. The molecule has 0 saturated heterocycles. The van der Waals surface area contributed by atoms with E-state index in [9.17, 15) is 0 Å². The molecule has 0 fully saturated rings. The minimum atomic E-state index is 0.0585. The largest absolute Gasteiger partial charge is 0.376 e. The van der Waals surface area contributed by atoms with Gasteiger partial charge in [-0.25, -0.2) is 4.98 Å². The van der Waals surface area contributed by atoms with Crippen LogP contribution >= 0.6 is 11.3 Å². The monoisotopic (exact) mass is 606 g/mol. The van der Waals surface area contributed by atoms with Crippen LogP contribution in [0.3, 0.4) is 0 Å².